The molecule has 2 rings (SSSR count). The Balaban J connectivity index is 1.83. The molecular weight excluding hydrogens is 186 g/mol. The summed E-state index contributed by atoms with van der Waals surface area (Å²) in [6, 6.07) is 1.92. The van der Waals surface area contributed by atoms with Crippen molar-refractivity contribution in [2.45, 2.75) is 33.1 Å². The molecule has 3 heteroatoms. The molecule has 2 unspecified atom stereocenters. The van der Waals surface area contributed by atoms with E-state index in [4.69, 9.17) is 0 Å². The van der Waals surface area contributed by atoms with Crippen molar-refractivity contribution in [1.29, 1.82) is 0 Å². The van der Waals surface area contributed by atoms with E-state index in [2.05, 4.69) is 22.2 Å². The second kappa shape index (κ2) is 4.60. The Labute approximate surface area is 91.3 Å². The van der Waals surface area contributed by atoms with Crippen LogP contribution >= 0.6 is 0 Å². The van der Waals surface area contributed by atoms with Crippen LogP contribution in [0.2, 0.25) is 0 Å². The topological polar surface area (TPSA) is 37.8 Å². The molecule has 0 amide bonds. The van der Waals surface area contributed by atoms with Gasteiger partial charge in [-0.3, -0.25) is 0 Å². The lowest BCUT2D eigenvalue weighted by atomic mass is 10.1. The Morgan fingerprint density at radius 2 is 2.33 bits per heavy atom. The SMILES string of the molecule is Cc1ccnc(NCC2CCC(C)C2)n1. The first-order chi connectivity index (χ1) is 7.24. The largest absolute Gasteiger partial charge is 0.354 e. The van der Waals surface area contributed by atoms with Crippen LogP contribution in [0.5, 0.6) is 0 Å². The van der Waals surface area contributed by atoms with Crippen molar-refractivity contribution in [3.63, 3.8) is 0 Å². The molecule has 1 aromatic heterocycles. The van der Waals surface area contributed by atoms with E-state index in [1.165, 1.54) is 19.3 Å². The van der Waals surface area contributed by atoms with Crippen LogP contribution in [0.3, 0.4) is 0 Å². The van der Waals surface area contributed by atoms with Crippen LogP contribution in [0, 0.1) is 18.8 Å². The molecule has 1 heterocycles. The zero-order chi connectivity index (χ0) is 10.7. The lowest BCUT2D eigenvalue weighted by Crippen LogP contribution is -2.13. The van der Waals surface area contributed by atoms with Gasteiger partial charge in [-0.25, -0.2) is 9.97 Å². The monoisotopic (exact) mass is 205 g/mol. The van der Waals surface area contributed by atoms with Gasteiger partial charge < -0.3 is 5.32 Å². The number of hydrogen-bond acceptors (Lipinski definition) is 3. The summed E-state index contributed by atoms with van der Waals surface area (Å²) in [4.78, 5) is 8.53. The third-order valence-electron chi connectivity index (χ3n) is 3.15. The van der Waals surface area contributed by atoms with Crippen LogP contribution in [0.15, 0.2) is 12.3 Å². The Morgan fingerprint density at radius 1 is 1.47 bits per heavy atom. The molecule has 1 N–H and O–H groups in total. The normalized spacial score (nSPS) is 25.5. The summed E-state index contributed by atoms with van der Waals surface area (Å²) in [7, 11) is 0. The van der Waals surface area contributed by atoms with E-state index < -0.39 is 0 Å². The van der Waals surface area contributed by atoms with Gasteiger partial charge in [-0.15, -0.1) is 0 Å². The maximum Gasteiger partial charge on any atom is 0.222 e. The predicted molar refractivity (Wildman–Crippen MR) is 61.8 cm³/mol. The van der Waals surface area contributed by atoms with Crippen LogP contribution in [-0.2, 0) is 0 Å². The standard InChI is InChI=1S/C12H19N3/c1-9-3-4-11(7-9)8-14-12-13-6-5-10(2)15-12/h5-6,9,11H,3-4,7-8H2,1-2H3,(H,13,14,15). The number of nitrogens with one attached hydrogen (secondary N) is 1. The van der Waals surface area contributed by atoms with Gasteiger partial charge in [0, 0.05) is 18.4 Å². The predicted octanol–water partition coefficient (Wildman–Crippen LogP) is 2.63. The zero-order valence-corrected chi connectivity index (χ0v) is 9.53. The van der Waals surface area contributed by atoms with Gasteiger partial charge in [-0.05, 0) is 37.7 Å². The highest BCUT2D eigenvalue weighted by molar-refractivity contribution is 5.24. The molecule has 0 saturated heterocycles. The van der Waals surface area contributed by atoms with Crippen molar-refractivity contribution in [1.82, 2.24) is 9.97 Å². The lowest BCUT2D eigenvalue weighted by molar-refractivity contribution is 0.536. The fourth-order valence-corrected chi connectivity index (χ4v) is 2.28. The van der Waals surface area contributed by atoms with E-state index in [9.17, 15) is 0 Å². The number of hydrogen-bond donors (Lipinski definition) is 1. The highest BCUT2D eigenvalue weighted by atomic mass is 15.1. The van der Waals surface area contributed by atoms with Crippen molar-refractivity contribution < 1.29 is 0 Å². The van der Waals surface area contributed by atoms with Crippen LogP contribution in [0.4, 0.5) is 5.95 Å². The van der Waals surface area contributed by atoms with Gasteiger partial charge >= 0.3 is 0 Å². The summed E-state index contributed by atoms with van der Waals surface area (Å²) in [6.07, 6.45) is 5.88. The van der Waals surface area contributed by atoms with Crippen molar-refractivity contribution in [3.05, 3.63) is 18.0 Å². The second-order valence-electron chi connectivity index (χ2n) is 4.69. The van der Waals surface area contributed by atoms with Gasteiger partial charge in [0.25, 0.3) is 0 Å². The summed E-state index contributed by atoms with van der Waals surface area (Å²) in [6.45, 7) is 5.35. The molecule has 3 nitrogen and oxygen atoms in total. The first-order valence-corrected chi connectivity index (χ1v) is 5.77. The van der Waals surface area contributed by atoms with E-state index in [1.807, 2.05) is 19.2 Å². The highest BCUT2D eigenvalue weighted by Crippen LogP contribution is 2.30. The van der Waals surface area contributed by atoms with Crippen molar-refractivity contribution in [3.8, 4) is 0 Å². The van der Waals surface area contributed by atoms with Crippen LogP contribution < -0.4 is 5.32 Å². The first-order valence-electron chi connectivity index (χ1n) is 5.77. The van der Waals surface area contributed by atoms with Crippen LogP contribution in [0.25, 0.3) is 0 Å². The van der Waals surface area contributed by atoms with Crippen molar-refractivity contribution in [2.24, 2.45) is 11.8 Å². The van der Waals surface area contributed by atoms with Gasteiger partial charge in [0.15, 0.2) is 0 Å². The molecular formula is C12H19N3. The maximum atomic E-state index is 4.33. The third kappa shape index (κ3) is 2.91. The minimum absolute atomic E-state index is 0.773. The smallest absolute Gasteiger partial charge is 0.222 e. The molecule has 1 aliphatic rings. The molecule has 0 bridgehead atoms. The number of rotatable bonds is 3. The van der Waals surface area contributed by atoms with Gasteiger partial charge in [0.2, 0.25) is 5.95 Å². The Hall–Kier alpha value is -1.12. The number of nitrogens with zero attached hydrogens (tertiary/aromatic N) is 2. The number of aryl methyl sites for hydroxylation is 1. The zero-order valence-electron chi connectivity index (χ0n) is 9.53. The fraction of sp³-hybridized carbons (Fsp3) is 0.667. The quantitative estimate of drug-likeness (QED) is 0.824. The van der Waals surface area contributed by atoms with Gasteiger partial charge in [-0.2, -0.15) is 0 Å². The summed E-state index contributed by atoms with van der Waals surface area (Å²) in [5.41, 5.74) is 1.02. The molecule has 0 radical (unpaired) electrons. The Morgan fingerprint density at radius 3 is 3.00 bits per heavy atom. The Bertz CT molecular complexity index is 324. The van der Waals surface area contributed by atoms with E-state index in [0.29, 0.717) is 0 Å². The third-order valence-corrected chi connectivity index (χ3v) is 3.15. The molecule has 1 saturated carbocycles. The van der Waals surface area contributed by atoms with Gasteiger partial charge in [0.05, 0.1) is 0 Å². The van der Waals surface area contributed by atoms with E-state index in [0.717, 1.165) is 30.0 Å². The van der Waals surface area contributed by atoms with Crippen molar-refractivity contribution in [2.75, 3.05) is 11.9 Å². The average molecular weight is 205 g/mol. The summed E-state index contributed by atoms with van der Waals surface area (Å²) < 4.78 is 0. The molecule has 1 aliphatic carbocycles. The minimum Gasteiger partial charge on any atom is -0.354 e. The maximum absolute atomic E-state index is 4.33. The second-order valence-corrected chi connectivity index (χ2v) is 4.69. The molecule has 15 heavy (non-hydrogen) atoms. The number of anilines is 1. The van der Waals surface area contributed by atoms with E-state index >= 15 is 0 Å². The molecule has 82 valence electrons. The lowest BCUT2D eigenvalue weighted by Gasteiger charge is -2.10. The van der Waals surface area contributed by atoms with Crippen LogP contribution in [0.1, 0.15) is 31.9 Å². The molecule has 2 atom stereocenters. The molecule has 0 aromatic carbocycles. The fourth-order valence-electron chi connectivity index (χ4n) is 2.28. The summed E-state index contributed by atoms with van der Waals surface area (Å²) >= 11 is 0. The van der Waals surface area contributed by atoms with Crippen LogP contribution in [-0.4, -0.2) is 16.5 Å². The number of aromatic nitrogens is 2. The molecule has 0 spiro atoms. The highest BCUT2D eigenvalue weighted by Gasteiger charge is 2.20. The van der Waals surface area contributed by atoms with Crippen molar-refractivity contribution >= 4 is 5.95 Å². The Kier molecular flexibility index (Phi) is 3.19. The molecule has 1 fully saturated rings. The summed E-state index contributed by atoms with van der Waals surface area (Å²) in [5, 5.41) is 3.33. The summed E-state index contributed by atoms with van der Waals surface area (Å²) in [5.74, 6) is 2.48. The van der Waals surface area contributed by atoms with E-state index in [-0.39, 0.29) is 0 Å². The van der Waals surface area contributed by atoms with E-state index in [1.54, 1.807) is 0 Å². The minimum atomic E-state index is 0.773. The van der Waals surface area contributed by atoms with Gasteiger partial charge in [0.1, 0.15) is 0 Å². The van der Waals surface area contributed by atoms with Gasteiger partial charge in [-0.1, -0.05) is 13.3 Å². The first kappa shape index (κ1) is 10.4. The average Bonchev–Trinajstić information content (AvgIpc) is 2.62. The molecule has 0 aliphatic heterocycles. The molecule has 1 aromatic rings.